The normalized spacial score (nSPS) is 11.4. The van der Waals surface area contributed by atoms with E-state index in [2.05, 4.69) is 9.71 Å². The van der Waals surface area contributed by atoms with Gasteiger partial charge >= 0.3 is 5.95 Å². The Kier molecular flexibility index (Phi) is 4.11. The largest absolute Gasteiger partial charge is 0.435 e. The van der Waals surface area contributed by atoms with Crippen molar-refractivity contribution in [3.8, 4) is 0 Å². The summed E-state index contributed by atoms with van der Waals surface area (Å²) in [5, 5.41) is 10.7. The topological polar surface area (TPSA) is 107 Å². The molecular formula is C11H12N4O4S. The molecule has 106 valence electrons. The van der Waals surface area contributed by atoms with Gasteiger partial charge in [-0.1, -0.05) is 35.3 Å². The smallest absolute Gasteiger partial charge is 0.390 e. The molecule has 0 saturated heterocycles. The molecule has 0 fully saturated rings. The summed E-state index contributed by atoms with van der Waals surface area (Å²) in [6.45, 7) is 0.131. The van der Waals surface area contributed by atoms with E-state index in [1.54, 1.807) is 24.3 Å². The van der Waals surface area contributed by atoms with Crippen molar-refractivity contribution in [2.75, 3.05) is 0 Å². The third-order valence-corrected chi connectivity index (χ3v) is 3.71. The molecule has 0 amide bonds. The van der Waals surface area contributed by atoms with Crippen molar-refractivity contribution in [3.05, 3.63) is 58.4 Å². The van der Waals surface area contributed by atoms with Crippen molar-refractivity contribution in [2.24, 2.45) is 0 Å². The van der Waals surface area contributed by atoms with Crippen molar-refractivity contribution in [1.29, 1.82) is 0 Å². The molecule has 0 unspecified atom stereocenters. The first-order chi connectivity index (χ1) is 9.48. The lowest BCUT2D eigenvalue weighted by molar-refractivity contribution is -0.396. The minimum atomic E-state index is -3.69. The highest BCUT2D eigenvalue weighted by atomic mass is 32.2. The average Bonchev–Trinajstić information content (AvgIpc) is 2.85. The van der Waals surface area contributed by atoms with Crippen LogP contribution in [0.4, 0.5) is 5.95 Å². The number of rotatable bonds is 6. The minimum Gasteiger partial charge on any atom is -0.390 e. The summed E-state index contributed by atoms with van der Waals surface area (Å²) >= 11 is 0. The number of aromatic nitrogens is 2. The Hall–Kier alpha value is -2.26. The number of hydrogen-bond acceptors (Lipinski definition) is 5. The van der Waals surface area contributed by atoms with Crippen LogP contribution in [0.3, 0.4) is 0 Å². The summed E-state index contributed by atoms with van der Waals surface area (Å²) in [6.07, 6.45) is 2.44. The maximum Gasteiger partial charge on any atom is 0.435 e. The highest BCUT2D eigenvalue weighted by Gasteiger charge is 2.20. The summed E-state index contributed by atoms with van der Waals surface area (Å²) in [5.41, 5.74) is 0.802. The predicted molar refractivity (Wildman–Crippen MR) is 71.1 cm³/mol. The number of hydrogen-bond donors (Lipinski definition) is 1. The summed E-state index contributed by atoms with van der Waals surface area (Å²) in [7, 11) is -3.69. The molecule has 1 aromatic heterocycles. The Balaban J connectivity index is 2.04. The molecule has 2 rings (SSSR count). The van der Waals surface area contributed by atoms with Gasteiger partial charge in [-0.2, -0.15) is 0 Å². The highest BCUT2D eigenvalue weighted by molar-refractivity contribution is 7.88. The van der Waals surface area contributed by atoms with E-state index in [1.807, 2.05) is 6.07 Å². The molecule has 20 heavy (non-hydrogen) atoms. The van der Waals surface area contributed by atoms with Gasteiger partial charge in [-0.15, -0.1) is 0 Å². The second-order valence-corrected chi connectivity index (χ2v) is 5.78. The van der Waals surface area contributed by atoms with Gasteiger partial charge in [0.2, 0.25) is 10.0 Å². The summed E-state index contributed by atoms with van der Waals surface area (Å²) < 4.78 is 27.1. The van der Waals surface area contributed by atoms with Gasteiger partial charge in [-0.05, 0) is 10.5 Å². The molecular weight excluding hydrogens is 284 g/mol. The zero-order valence-corrected chi connectivity index (χ0v) is 11.2. The first-order valence-electron chi connectivity index (χ1n) is 5.65. The van der Waals surface area contributed by atoms with Crippen LogP contribution in [0.1, 0.15) is 5.56 Å². The Morgan fingerprint density at radius 1 is 1.30 bits per heavy atom. The number of nitro groups is 1. The summed E-state index contributed by atoms with van der Waals surface area (Å²) in [6, 6.07) is 8.98. The number of nitrogens with zero attached hydrogens (tertiary/aromatic N) is 3. The van der Waals surface area contributed by atoms with Crippen molar-refractivity contribution in [1.82, 2.24) is 14.3 Å². The van der Waals surface area contributed by atoms with Gasteiger partial charge in [0.15, 0.2) is 5.88 Å². The van der Waals surface area contributed by atoms with Crippen molar-refractivity contribution < 1.29 is 13.3 Å². The van der Waals surface area contributed by atoms with Gasteiger partial charge in [0.05, 0.1) is 0 Å². The predicted octanol–water partition coefficient (Wildman–Crippen LogP) is 0.868. The Bertz CT molecular complexity index is 696. The Labute approximate surface area is 115 Å². The molecule has 8 nitrogen and oxygen atoms in total. The standard InChI is InChI=1S/C11H12N4O4S/c16-15(17)11-12-6-7-14(11)9-20(18,19)13-8-10-4-2-1-3-5-10/h1-7,13H,8-9H2. The van der Waals surface area contributed by atoms with Crippen LogP contribution in [0, 0.1) is 10.1 Å². The average molecular weight is 296 g/mol. The fourth-order valence-electron chi connectivity index (χ4n) is 1.59. The molecule has 0 aliphatic heterocycles. The molecule has 2 aromatic rings. The SMILES string of the molecule is O=[N+]([O-])c1nccn1CS(=O)(=O)NCc1ccccc1. The fraction of sp³-hybridized carbons (Fsp3) is 0.182. The molecule has 1 heterocycles. The van der Waals surface area contributed by atoms with E-state index in [0.717, 1.165) is 10.1 Å². The second-order valence-electron chi connectivity index (χ2n) is 4.00. The minimum absolute atomic E-state index is 0.131. The van der Waals surface area contributed by atoms with Crippen LogP contribution in [-0.2, 0) is 22.4 Å². The van der Waals surface area contributed by atoms with Crippen LogP contribution in [0.25, 0.3) is 0 Å². The van der Waals surface area contributed by atoms with E-state index < -0.39 is 26.8 Å². The maximum absolute atomic E-state index is 11.9. The van der Waals surface area contributed by atoms with Gasteiger partial charge in [0.25, 0.3) is 0 Å². The van der Waals surface area contributed by atoms with E-state index in [-0.39, 0.29) is 6.54 Å². The van der Waals surface area contributed by atoms with Crippen LogP contribution < -0.4 is 4.72 Å². The third-order valence-electron chi connectivity index (χ3n) is 2.50. The molecule has 1 N–H and O–H groups in total. The van der Waals surface area contributed by atoms with Gasteiger partial charge in [0, 0.05) is 6.54 Å². The van der Waals surface area contributed by atoms with Gasteiger partial charge in [-0.3, -0.25) is 0 Å². The molecule has 1 aromatic carbocycles. The second kappa shape index (κ2) is 5.80. The van der Waals surface area contributed by atoms with Gasteiger partial charge < -0.3 is 10.1 Å². The Morgan fingerprint density at radius 2 is 2.00 bits per heavy atom. The summed E-state index contributed by atoms with van der Waals surface area (Å²) in [5.74, 6) is -1.05. The van der Waals surface area contributed by atoms with Crippen LogP contribution >= 0.6 is 0 Å². The third kappa shape index (κ3) is 3.62. The van der Waals surface area contributed by atoms with Crippen LogP contribution in [0.5, 0.6) is 0 Å². The number of benzene rings is 1. The van der Waals surface area contributed by atoms with Gasteiger partial charge in [-0.25, -0.2) is 17.7 Å². The van der Waals surface area contributed by atoms with Crippen LogP contribution in [0.2, 0.25) is 0 Å². The van der Waals surface area contributed by atoms with E-state index in [0.29, 0.717) is 0 Å². The number of sulfonamides is 1. The molecule has 0 spiro atoms. The lowest BCUT2D eigenvalue weighted by Gasteiger charge is -2.06. The van der Waals surface area contributed by atoms with E-state index >= 15 is 0 Å². The lowest BCUT2D eigenvalue weighted by atomic mass is 10.2. The number of imidazole rings is 1. The van der Waals surface area contributed by atoms with Gasteiger partial charge in [0.1, 0.15) is 12.4 Å². The maximum atomic E-state index is 11.9. The molecule has 0 aliphatic carbocycles. The van der Waals surface area contributed by atoms with E-state index in [1.165, 1.54) is 12.4 Å². The fourth-order valence-corrected chi connectivity index (χ4v) is 2.64. The van der Waals surface area contributed by atoms with Crippen LogP contribution in [-0.4, -0.2) is 22.9 Å². The first kappa shape index (κ1) is 14.2. The quantitative estimate of drug-likeness (QED) is 0.628. The van der Waals surface area contributed by atoms with Crippen molar-refractivity contribution >= 4 is 16.0 Å². The monoisotopic (exact) mass is 296 g/mol. The first-order valence-corrected chi connectivity index (χ1v) is 7.30. The Morgan fingerprint density at radius 3 is 2.65 bits per heavy atom. The highest BCUT2D eigenvalue weighted by Crippen LogP contribution is 2.09. The zero-order chi connectivity index (χ0) is 14.6. The molecule has 0 bridgehead atoms. The van der Waals surface area contributed by atoms with E-state index in [4.69, 9.17) is 0 Å². The zero-order valence-electron chi connectivity index (χ0n) is 10.3. The van der Waals surface area contributed by atoms with E-state index in [9.17, 15) is 18.5 Å². The molecule has 0 radical (unpaired) electrons. The van der Waals surface area contributed by atoms with Crippen molar-refractivity contribution in [3.63, 3.8) is 0 Å². The molecule has 0 aliphatic rings. The molecule has 0 atom stereocenters. The summed E-state index contributed by atoms with van der Waals surface area (Å²) in [4.78, 5) is 13.4. The van der Waals surface area contributed by atoms with Crippen LogP contribution in [0.15, 0.2) is 42.7 Å². The lowest BCUT2D eigenvalue weighted by Crippen LogP contribution is -2.27. The molecule has 0 saturated carbocycles. The van der Waals surface area contributed by atoms with Crippen molar-refractivity contribution in [2.45, 2.75) is 12.4 Å². The molecule has 9 heteroatoms. The number of nitrogens with one attached hydrogen (secondary N) is 1.